The van der Waals surface area contributed by atoms with Crippen LogP contribution in [0.4, 0.5) is 5.69 Å². The molecular formula is C11H13BrN2O3. The number of carbonyl (C=O) groups excluding carboxylic acids is 1. The quantitative estimate of drug-likeness (QED) is 0.791. The number of halogens is 1. The van der Waals surface area contributed by atoms with Crippen LogP contribution in [0.15, 0.2) is 22.7 Å². The van der Waals surface area contributed by atoms with Crippen molar-refractivity contribution in [2.75, 3.05) is 5.32 Å². The first-order chi connectivity index (χ1) is 7.75. The maximum Gasteiger partial charge on any atom is 0.328 e. The monoisotopic (exact) mass is 300 g/mol. The van der Waals surface area contributed by atoms with Crippen LogP contribution in [0.1, 0.15) is 24.2 Å². The highest BCUT2D eigenvalue weighted by molar-refractivity contribution is 9.10. The van der Waals surface area contributed by atoms with Gasteiger partial charge in [0.15, 0.2) is 0 Å². The van der Waals surface area contributed by atoms with Crippen LogP contribution in [-0.2, 0) is 4.79 Å². The van der Waals surface area contributed by atoms with Crippen LogP contribution in [-0.4, -0.2) is 22.5 Å². The number of primary amides is 1. The summed E-state index contributed by atoms with van der Waals surface area (Å²) in [5.74, 6) is -1.64. The highest BCUT2D eigenvalue weighted by Gasteiger charge is 2.28. The van der Waals surface area contributed by atoms with E-state index in [-0.39, 0.29) is 5.56 Å². The number of hydrogen-bond acceptors (Lipinski definition) is 3. The Labute approximate surface area is 107 Å². The third-order valence-electron chi connectivity index (χ3n) is 2.24. The summed E-state index contributed by atoms with van der Waals surface area (Å²) in [5, 5.41) is 11.8. The van der Waals surface area contributed by atoms with Gasteiger partial charge < -0.3 is 16.2 Å². The van der Waals surface area contributed by atoms with E-state index in [0.717, 1.165) is 0 Å². The van der Waals surface area contributed by atoms with Gasteiger partial charge in [0, 0.05) is 10.2 Å². The van der Waals surface area contributed by atoms with E-state index in [1.54, 1.807) is 18.2 Å². The molecule has 4 N–H and O–H groups in total. The minimum Gasteiger partial charge on any atom is -0.480 e. The fraction of sp³-hybridized carbons (Fsp3) is 0.273. The normalized spacial score (nSPS) is 11.0. The topological polar surface area (TPSA) is 92.4 Å². The number of carboxylic acid groups (broad SMARTS) is 1. The third kappa shape index (κ3) is 2.97. The van der Waals surface area contributed by atoms with E-state index in [2.05, 4.69) is 21.2 Å². The van der Waals surface area contributed by atoms with Crippen LogP contribution in [0.5, 0.6) is 0 Å². The smallest absolute Gasteiger partial charge is 0.328 e. The second kappa shape index (κ2) is 4.75. The van der Waals surface area contributed by atoms with Crippen molar-refractivity contribution in [3.63, 3.8) is 0 Å². The Hall–Kier alpha value is -1.56. The van der Waals surface area contributed by atoms with E-state index in [1.807, 2.05) is 0 Å². The van der Waals surface area contributed by atoms with Gasteiger partial charge in [0.1, 0.15) is 5.54 Å². The number of benzene rings is 1. The first-order valence-electron chi connectivity index (χ1n) is 4.85. The lowest BCUT2D eigenvalue weighted by molar-refractivity contribution is -0.141. The second-order valence-electron chi connectivity index (χ2n) is 4.08. The lowest BCUT2D eigenvalue weighted by atomic mass is 10.0. The molecule has 0 bridgehead atoms. The van der Waals surface area contributed by atoms with Crippen LogP contribution in [0.2, 0.25) is 0 Å². The summed E-state index contributed by atoms with van der Waals surface area (Å²) in [4.78, 5) is 22.3. The number of anilines is 1. The van der Waals surface area contributed by atoms with E-state index in [9.17, 15) is 9.59 Å². The number of carboxylic acids is 1. The minimum atomic E-state index is -1.19. The van der Waals surface area contributed by atoms with Crippen LogP contribution in [0.3, 0.4) is 0 Å². The van der Waals surface area contributed by atoms with Crippen LogP contribution >= 0.6 is 15.9 Å². The van der Waals surface area contributed by atoms with E-state index >= 15 is 0 Å². The number of aliphatic carboxylic acids is 1. The Balaban J connectivity index is 3.20. The Kier molecular flexibility index (Phi) is 3.77. The van der Waals surface area contributed by atoms with Crippen molar-refractivity contribution in [2.24, 2.45) is 5.73 Å². The zero-order valence-corrected chi connectivity index (χ0v) is 11.0. The van der Waals surface area contributed by atoms with Crippen LogP contribution < -0.4 is 11.1 Å². The average molecular weight is 301 g/mol. The molecule has 1 aromatic rings. The first kappa shape index (κ1) is 13.5. The first-order valence-corrected chi connectivity index (χ1v) is 5.65. The Morgan fingerprint density at radius 2 is 2.00 bits per heavy atom. The molecule has 0 aliphatic rings. The molecule has 1 rings (SSSR count). The predicted molar refractivity (Wildman–Crippen MR) is 68.0 cm³/mol. The van der Waals surface area contributed by atoms with Gasteiger partial charge in [0.05, 0.1) is 5.56 Å². The summed E-state index contributed by atoms with van der Waals surface area (Å²) in [6.45, 7) is 3.00. The number of carbonyl (C=O) groups is 2. The molecule has 92 valence electrons. The minimum absolute atomic E-state index is 0.238. The van der Waals surface area contributed by atoms with Crippen molar-refractivity contribution >= 4 is 33.5 Å². The summed E-state index contributed by atoms with van der Waals surface area (Å²) >= 11 is 3.20. The van der Waals surface area contributed by atoms with Gasteiger partial charge in [-0.15, -0.1) is 0 Å². The number of nitrogens with one attached hydrogen (secondary N) is 1. The van der Waals surface area contributed by atoms with Crippen molar-refractivity contribution < 1.29 is 14.7 Å². The Morgan fingerprint density at radius 1 is 1.41 bits per heavy atom. The highest BCUT2D eigenvalue weighted by Crippen LogP contribution is 2.26. The molecule has 0 radical (unpaired) electrons. The molecule has 0 aliphatic heterocycles. The maximum absolute atomic E-state index is 11.3. The summed E-state index contributed by atoms with van der Waals surface area (Å²) in [7, 11) is 0. The van der Waals surface area contributed by atoms with Gasteiger partial charge in [-0.05, 0) is 41.9 Å². The van der Waals surface area contributed by atoms with Crippen LogP contribution in [0.25, 0.3) is 0 Å². The molecule has 1 aromatic carbocycles. The lowest BCUT2D eigenvalue weighted by Gasteiger charge is -2.24. The number of amides is 1. The number of nitrogens with two attached hydrogens (primary N) is 1. The number of rotatable bonds is 4. The molecule has 5 nitrogen and oxygen atoms in total. The number of hydrogen-bond donors (Lipinski definition) is 3. The van der Waals surface area contributed by atoms with Gasteiger partial charge >= 0.3 is 5.97 Å². The van der Waals surface area contributed by atoms with Gasteiger partial charge in [-0.3, -0.25) is 4.79 Å². The van der Waals surface area contributed by atoms with Crippen molar-refractivity contribution in [1.29, 1.82) is 0 Å². The molecule has 6 heteroatoms. The van der Waals surface area contributed by atoms with Crippen molar-refractivity contribution in [1.82, 2.24) is 0 Å². The standard InChI is InChI=1S/C11H13BrN2O3/c1-11(2,10(16)17)14-7-5-3-4-6(12)8(7)9(13)15/h3-5,14H,1-2H3,(H2,13,15)(H,16,17). The molecule has 0 unspecified atom stereocenters. The van der Waals surface area contributed by atoms with Crippen molar-refractivity contribution in [3.8, 4) is 0 Å². The largest absolute Gasteiger partial charge is 0.480 e. The Bertz CT molecular complexity index is 472. The highest BCUT2D eigenvalue weighted by atomic mass is 79.9. The second-order valence-corrected chi connectivity index (χ2v) is 4.94. The van der Waals surface area contributed by atoms with Gasteiger partial charge in [-0.2, -0.15) is 0 Å². The summed E-state index contributed by atoms with van der Waals surface area (Å²) < 4.78 is 0.524. The predicted octanol–water partition coefficient (Wildman–Crippen LogP) is 1.82. The van der Waals surface area contributed by atoms with Gasteiger partial charge in [-0.1, -0.05) is 6.07 Å². The lowest BCUT2D eigenvalue weighted by Crippen LogP contribution is -2.40. The SMILES string of the molecule is CC(C)(Nc1cccc(Br)c1C(N)=O)C(=O)O. The molecule has 17 heavy (non-hydrogen) atoms. The van der Waals surface area contributed by atoms with E-state index in [4.69, 9.17) is 10.8 Å². The summed E-state index contributed by atoms with van der Waals surface area (Å²) in [6, 6.07) is 4.96. The maximum atomic E-state index is 11.3. The summed E-state index contributed by atoms with van der Waals surface area (Å²) in [5.41, 5.74) is 4.69. The molecule has 1 amide bonds. The zero-order valence-electron chi connectivity index (χ0n) is 9.45. The average Bonchev–Trinajstić information content (AvgIpc) is 2.15. The van der Waals surface area contributed by atoms with Gasteiger partial charge in [0.25, 0.3) is 5.91 Å². The van der Waals surface area contributed by atoms with E-state index in [0.29, 0.717) is 10.2 Å². The molecule has 0 atom stereocenters. The summed E-state index contributed by atoms with van der Waals surface area (Å²) in [6.07, 6.45) is 0. The van der Waals surface area contributed by atoms with Gasteiger partial charge in [0.2, 0.25) is 0 Å². The molecule has 0 fully saturated rings. The van der Waals surface area contributed by atoms with Crippen molar-refractivity contribution in [2.45, 2.75) is 19.4 Å². The molecule has 0 aliphatic carbocycles. The molecule has 0 saturated heterocycles. The van der Waals surface area contributed by atoms with Crippen molar-refractivity contribution in [3.05, 3.63) is 28.2 Å². The fourth-order valence-electron chi connectivity index (χ4n) is 1.27. The van der Waals surface area contributed by atoms with E-state index in [1.165, 1.54) is 13.8 Å². The van der Waals surface area contributed by atoms with E-state index < -0.39 is 17.4 Å². The molecule has 0 aromatic heterocycles. The van der Waals surface area contributed by atoms with Gasteiger partial charge in [-0.25, -0.2) is 4.79 Å². The third-order valence-corrected chi connectivity index (χ3v) is 2.90. The molecular weight excluding hydrogens is 288 g/mol. The molecule has 0 spiro atoms. The Morgan fingerprint density at radius 3 is 2.47 bits per heavy atom. The fourth-order valence-corrected chi connectivity index (χ4v) is 1.83. The molecule has 0 saturated carbocycles. The van der Waals surface area contributed by atoms with Crippen LogP contribution in [0, 0.1) is 0 Å². The molecule has 0 heterocycles. The zero-order chi connectivity index (χ0) is 13.2.